The summed E-state index contributed by atoms with van der Waals surface area (Å²) in [5.74, 6) is 0.426. The Labute approximate surface area is 163 Å². The van der Waals surface area contributed by atoms with Crippen LogP contribution in [0.5, 0.6) is 0 Å². The van der Waals surface area contributed by atoms with Gasteiger partial charge in [0.05, 0.1) is 6.20 Å². The van der Waals surface area contributed by atoms with Crippen LogP contribution < -0.4 is 0 Å². The molecular weight excluding hydrogens is 355 g/mol. The van der Waals surface area contributed by atoms with E-state index in [-0.39, 0.29) is 23.8 Å². The topological polar surface area (TPSA) is 61.9 Å². The van der Waals surface area contributed by atoms with Gasteiger partial charge in [-0.15, -0.1) is 0 Å². The van der Waals surface area contributed by atoms with E-state index in [4.69, 9.17) is 0 Å². The molecule has 5 nitrogen and oxygen atoms in total. The van der Waals surface area contributed by atoms with Crippen molar-refractivity contribution < 1.29 is 9.18 Å². The van der Waals surface area contributed by atoms with E-state index < -0.39 is 0 Å². The highest BCUT2D eigenvalue weighted by molar-refractivity contribution is 5.89. The van der Waals surface area contributed by atoms with Gasteiger partial charge >= 0.3 is 0 Å². The third kappa shape index (κ3) is 3.11. The number of carbonyl (C=O) groups is 1. The average Bonchev–Trinajstić information content (AvgIpc) is 3.16. The molecule has 2 aromatic heterocycles. The number of fused-ring (bicyclic) bond motifs is 1. The molecule has 5 rings (SSSR count). The maximum Gasteiger partial charge on any atom is 0.141 e. The number of benzene rings is 1. The van der Waals surface area contributed by atoms with Crippen LogP contribution in [0.3, 0.4) is 0 Å². The lowest BCUT2D eigenvalue weighted by Gasteiger charge is -2.58. The van der Waals surface area contributed by atoms with Gasteiger partial charge in [-0.3, -0.25) is 19.8 Å². The number of aromatic nitrogens is 3. The number of nitrogens with zero attached hydrogens (tertiary/aromatic N) is 3. The van der Waals surface area contributed by atoms with Crippen molar-refractivity contribution >= 4 is 16.6 Å². The Morgan fingerprint density at radius 1 is 1.18 bits per heavy atom. The van der Waals surface area contributed by atoms with Crippen LogP contribution in [0.4, 0.5) is 4.39 Å². The van der Waals surface area contributed by atoms with Crippen molar-refractivity contribution in [3.05, 3.63) is 48.5 Å². The molecule has 144 valence electrons. The van der Waals surface area contributed by atoms with Crippen LogP contribution in [-0.4, -0.2) is 52.2 Å². The lowest BCUT2D eigenvalue weighted by atomic mass is 9.56. The molecule has 6 heteroatoms. The van der Waals surface area contributed by atoms with Gasteiger partial charge in [0.1, 0.15) is 12.5 Å². The number of Topliss-reactive ketones (excluding diaryl/α,β-unsaturated/α-hetero) is 1. The lowest BCUT2D eigenvalue weighted by molar-refractivity contribution is -0.141. The fourth-order valence-electron chi connectivity index (χ4n) is 4.85. The number of pyridine rings is 1. The first-order chi connectivity index (χ1) is 13.6. The van der Waals surface area contributed by atoms with Gasteiger partial charge in [0.25, 0.3) is 0 Å². The summed E-state index contributed by atoms with van der Waals surface area (Å²) >= 11 is 0. The second-order valence-corrected chi connectivity index (χ2v) is 8.37. The number of ketones is 1. The van der Waals surface area contributed by atoms with Crippen molar-refractivity contribution in [2.75, 3.05) is 26.3 Å². The first kappa shape index (κ1) is 17.5. The van der Waals surface area contributed by atoms with Gasteiger partial charge in [0, 0.05) is 61.0 Å². The van der Waals surface area contributed by atoms with Crippen LogP contribution in [0.15, 0.2) is 42.9 Å². The highest BCUT2D eigenvalue weighted by atomic mass is 19.1. The van der Waals surface area contributed by atoms with Crippen LogP contribution in [0.1, 0.15) is 18.5 Å². The molecule has 3 heterocycles. The Bertz CT molecular complexity index is 1000. The number of rotatable bonds is 6. The maximum absolute atomic E-state index is 12.7. The van der Waals surface area contributed by atoms with Gasteiger partial charge in [-0.05, 0) is 41.3 Å². The van der Waals surface area contributed by atoms with E-state index in [1.165, 1.54) is 0 Å². The molecule has 0 unspecified atom stereocenters. The molecule has 3 aromatic rings. The second-order valence-electron chi connectivity index (χ2n) is 8.37. The molecular formula is C22H23FN4O. The van der Waals surface area contributed by atoms with Gasteiger partial charge in [-0.1, -0.05) is 12.1 Å². The van der Waals surface area contributed by atoms with Gasteiger partial charge in [0.15, 0.2) is 0 Å². The molecule has 0 bridgehead atoms. The van der Waals surface area contributed by atoms with Crippen molar-refractivity contribution in [1.29, 1.82) is 0 Å². The van der Waals surface area contributed by atoms with Crippen molar-refractivity contribution in [1.82, 2.24) is 20.1 Å². The Hall–Kier alpha value is -2.60. The van der Waals surface area contributed by atoms with Crippen LogP contribution in [0.25, 0.3) is 21.9 Å². The first-order valence-electron chi connectivity index (χ1n) is 9.83. The van der Waals surface area contributed by atoms with E-state index in [0.717, 1.165) is 53.5 Å². The van der Waals surface area contributed by atoms with Gasteiger partial charge in [0.2, 0.25) is 0 Å². The molecule has 0 atom stereocenters. The summed E-state index contributed by atoms with van der Waals surface area (Å²) in [6, 6.07) is 8.24. The molecule has 2 aliphatic rings. The quantitative estimate of drug-likeness (QED) is 0.714. The highest BCUT2D eigenvalue weighted by Crippen LogP contribution is 2.52. The summed E-state index contributed by atoms with van der Waals surface area (Å²) in [7, 11) is 0. The number of hydrogen-bond donors (Lipinski definition) is 1. The number of carbonyl (C=O) groups excluding carboxylic acids is 1. The predicted octanol–water partition coefficient (Wildman–Crippen LogP) is 3.42. The SMILES string of the molecule is O=C(Cc1cc2cc(-c3cn[nH]c3)ccc2cn1)C1CC2(C1)CN(CCF)C2. The predicted molar refractivity (Wildman–Crippen MR) is 106 cm³/mol. The molecule has 28 heavy (non-hydrogen) atoms. The summed E-state index contributed by atoms with van der Waals surface area (Å²) < 4.78 is 12.4. The monoisotopic (exact) mass is 378 g/mol. The average molecular weight is 378 g/mol. The smallest absolute Gasteiger partial charge is 0.141 e. The molecule has 0 amide bonds. The van der Waals surface area contributed by atoms with Crippen molar-refractivity contribution in [2.24, 2.45) is 11.3 Å². The molecule has 2 fully saturated rings. The van der Waals surface area contributed by atoms with Gasteiger partial charge < -0.3 is 0 Å². The summed E-state index contributed by atoms with van der Waals surface area (Å²) in [5.41, 5.74) is 3.24. The first-order valence-corrected chi connectivity index (χ1v) is 9.83. The van der Waals surface area contributed by atoms with E-state index in [1.807, 2.05) is 24.5 Å². The van der Waals surface area contributed by atoms with E-state index in [0.29, 0.717) is 13.0 Å². The summed E-state index contributed by atoms with van der Waals surface area (Å²) in [6.07, 6.45) is 7.81. The molecule has 1 aliphatic carbocycles. The van der Waals surface area contributed by atoms with E-state index in [1.54, 1.807) is 6.20 Å². The fraction of sp³-hybridized carbons (Fsp3) is 0.409. The van der Waals surface area contributed by atoms with Gasteiger partial charge in [-0.2, -0.15) is 5.10 Å². The van der Waals surface area contributed by atoms with Crippen LogP contribution in [-0.2, 0) is 11.2 Å². The molecule has 1 spiro atoms. The minimum absolute atomic E-state index is 0.141. The normalized spacial score (nSPS) is 18.9. The molecule has 1 aromatic carbocycles. The molecule has 1 saturated carbocycles. The van der Waals surface area contributed by atoms with Crippen LogP contribution in [0, 0.1) is 11.3 Å². The highest BCUT2D eigenvalue weighted by Gasteiger charge is 2.53. The minimum atomic E-state index is -0.283. The number of halogens is 1. The lowest BCUT2D eigenvalue weighted by Crippen LogP contribution is -2.63. The van der Waals surface area contributed by atoms with Crippen molar-refractivity contribution in [3.8, 4) is 11.1 Å². The molecule has 1 N–H and O–H groups in total. The number of H-pyrrole nitrogens is 1. The third-order valence-electron chi connectivity index (χ3n) is 6.30. The maximum atomic E-state index is 12.7. The second kappa shape index (κ2) is 6.78. The molecule has 0 radical (unpaired) electrons. The third-order valence-corrected chi connectivity index (χ3v) is 6.30. The van der Waals surface area contributed by atoms with E-state index in [2.05, 4.69) is 32.2 Å². The largest absolute Gasteiger partial charge is 0.300 e. The standard InChI is InChI=1S/C22H23FN4O/c23-3-4-27-13-22(14-27)8-18(9-22)21(28)7-20-6-17-5-15(19-11-25-26-12-19)1-2-16(17)10-24-20/h1-2,5-6,10-12,18H,3-4,7-9,13-14H2,(H,25,26). The number of hydrogen-bond acceptors (Lipinski definition) is 4. The number of likely N-dealkylation sites (tertiary alicyclic amines) is 1. The Kier molecular flexibility index (Phi) is 4.23. The zero-order valence-electron chi connectivity index (χ0n) is 15.7. The Morgan fingerprint density at radius 2 is 2.04 bits per heavy atom. The van der Waals surface area contributed by atoms with Crippen LogP contribution >= 0.6 is 0 Å². The summed E-state index contributed by atoms with van der Waals surface area (Å²) in [5, 5.41) is 8.99. The number of aromatic amines is 1. The minimum Gasteiger partial charge on any atom is -0.300 e. The molecule has 1 saturated heterocycles. The van der Waals surface area contributed by atoms with Gasteiger partial charge in [-0.25, -0.2) is 4.39 Å². The van der Waals surface area contributed by atoms with E-state index in [9.17, 15) is 9.18 Å². The van der Waals surface area contributed by atoms with Crippen LogP contribution in [0.2, 0.25) is 0 Å². The summed E-state index contributed by atoms with van der Waals surface area (Å²) in [4.78, 5) is 19.3. The van der Waals surface area contributed by atoms with Crippen molar-refractivity contribution in [3.63, 3.8) is 0 Å². The van der Waals surface area contributed by atoms with E-state index >= 15 is 0 Å². The fourth-order valence-corrected chi connectivity index (χ4v) is 4.85. The number of alkyl halides is 1. The number of nitrogens with one attached hydrogen (secondary N) is 1. The summed E-state index contributed by atoms with van der Waals surface area (Å²) in [6.45, 7) is 2.15. The Balaban J connectivity index is 1.25. The molecule has 1 aliphatic heterocycles. The zero-order valence-corrected chi connectivity index (χ0v) is 15.7. The van der Waals surface area contributed by atoms with Crippen molar-refractivity contribution in [2.45, 2.75) is 19.3 Å². The Morgan fingerprint density at radius 3 is 2.79 bits per heavy atom. The zero-order chi connectivity index (χ0) is 19.1.